The van der Waals surface area contributed by atoms with Crippen LogP contribution in [0.15, 0.2) is 36.5 Å². The Balaban J connectivity index is 5.27. The third-order valence-electron chi connectivity index (χ3n) is 12.8. The van der Waals surface area contributed by atoms with E-state index in [9.17, 15) is 19.0 Å². The van der Waals surface area contributed by atoms with Gasteiger partial charge in [0.15, 0.2) is 0 Å². The van der Waals surface area contributed by atoms with Gasteiger partial charge in [-0.3, -0.25) is 14.2 Å². The largest absolute Gasteiger partial charge is 0.756 e. The zero-order valence-electron chi connectivity index (χ0n) is 45.6. The lowest BCUT2D eigenvalue weighted by Gasteiger charge is -2.30. The van der Waals surface area contributed by atoms with Crippen molar-refractivity contribution in [3.8, 4) is 0 Å². The number of rotatable bonds is 52. The molecule has 3 atom stereocenters. The van der Waals surface area contributed by atoms with Gasteiger partial charge < -0.3 is 28.5 Å². The van der Waals surface area contributed by atoms with E-state index in [4.69, 9.17) is 13.8 Å². The summed E-state index contributed by atoms with van der Waals surface area (Å²) >= 11 is 0. The molecular formula is C58H111N2O7P. The number of carbonyl (C=O) groups excluding carboxylic acids is 2. The lowest BCUT2D eigenvalue weighted by atomic mass is 10.0. The number of esters is 1. The molecule has 0 rings (SSSR count). The van der Waals surface area contributed by atoms with Gasteiger partial charge in [0.05, 0.1) is 33.8 Å². The monoisotopic (exact) mass is 979 g/mol. The maximum absolute atomic E-state index is 13.5. The molecule has 0 radical (unpaired) electrons. The van der Waals surface area contributed by atoms with Crippen LogP contribution in [0.25, 0.3) is 0 Å². The van der Waals surface area contributed by atoms with E-state index < -0.39 is 20.0 Å². The summed E-state index contributed by atoms with van der Waals surface area (Å²) in [6.45, 7) is 6.80. The predicted octanol–water partition coefficient (Wildman–Crippen LogP) is 16.5. The summed E-state index contributed by atoms with van der Waals surface area (Å²) in [4.78, 5) is 39.8. The number of allylic oxidation sites excluding steroid dienone is 5. The van der Waals surface area contributed by atoms with E-state index in [1.165, 1.54) is 154 Å². The van der Waals surface area contributed by atoms with Crippen molar-refractivity contribution in [2.45, 2.75) is 283 Å². The summed E-state index contributed by atoms with van der Waals surface area (Å²) in [5.74, 6) is -0.549. The molecule has 0 saturated heterocycles. The minimum absolute atomic E-state index is 0.0227. The van der Waals surface area contributed by atoms with Gasteiger partial charge in [-0.2, -0.15) is 0 Å². The number of carbonyl (C=O) groups is 2. The average Bonchev–Trinajstić information content (AvgIpc) is 3.29. The number of nitrogens with one attached hydrogen (secondary N) is 1. The second-order valence-corrected chi connectivity index (χ2v) is 22.2. The van der Waals surface area contributed by atoms with Gasteiger partial charge in [-0.15, -0.1) is 0 Å². The highest BCUT2D eigenvalue weighted by molar-refractivity contribution is 7.45. The van der Waals surface area contributed by atoms with Crippen molar-refractivity contribution in [1.82, 2.24) is 5.32 Å². The second kappa shape index (κ2) is 48.8. The Kier molecular flexibility index (Phi) is 47.6. The first kappa shape index (κ1) is 66.2. The summed E-state index contributed by atoms with van der Waals surface area (Å²) in [6.07, 6.45) is 56.8. The predicted molar refractivity (Wildman–Crippen MR) is 289 cm³/mol. The van der Waals surface area contributed by atoms with E-state index in [0.29, 0.717) is 17.4 Å². The molecule has 0 bridgehead atoms. The van der Waals surface area contributed by atoms with Crippen LogP contribution in [-0.4, -0.2) is 69.4 Å². The average molecular weight is 980 g/mol. The van der Waals surface area contributed by atoms with Crippen LogP contribution in [0.2, 0.25) is 0 Å². The second-order valence-electron chi connectivity index (χ2n) is 20.8. The van der Waals surface area contributed by atoms with Crippen LogP contribution in [0, 0.1) is 0 Å². The number of likely N-dealkylation sites (N-methyl/N-ethyl adjacent to an activating group) is 1. The highest BCUT2D eigenvalue weighted by Gasteiger charge is 2.27. The number of unbranched alkanes of at least 4 members (excludes halogenated alkanes) is 32. The molecule has 0 spiro atoms. The number of phosphoric acid groups is 1. The van der Waals surface area contributed by atoms with Gasteiger partial charge in [-0.25, -0.2) is 0 Å². The van der Waals surface area contributed by atoms with Crippen molar-refractivity contribution >= 4 is 19.7 Å². The van der Waals surface area contributed by atoms with Crippen molar-refractivity contribution in [3.63, 3.8) is 0 Å². The fourth-order valence-electron chi connectivity index (χ4n) is 8.26. The summed E-state index contributed by atoms with van der Waals surface area (Å²) in [5, 5.41) is 3.02. The van der Waals surface area contributed by atoms with Gasteiger partial charge >= 0.3 is 5.97 Å². The molecule has 3 unspecified atom stereocenters. The summed E-state index contributed by atoms with van der Waals surface area (Å²) < 4.78 is 30.2. The first-order valence-electron chi connectivity index (χ1n) is 28.8. The molecule has 0 saturated carbocycles. The van der Waals surface area contributed by atoms with Crippen molar-refractivity contribution in [1.29, 1.82) is 0 Å². The van der Waals surface area contributed by atoms with Crippen LogP contribution in [0.1, 0.15) is 271 Å². The molecule has 0 aliphatic rings. The SMILES string of the molecule is CCCC/C=C\CCCCCCCC(=O)OC(/C=C\CCCCCCCCCCCC)C(COP(=O)([O-])OCC[N+](C)(C)C)NC(=O)CCCCCCCCCCC/C=C/CCCCCCCC. The Morgan fingerprint density at radius 3 is 1.29 bits per heavy atom. The highest BCUT2D eigenvalue weighted by Crippen LogP contribution is 2.38. The fraction of sp³-hybridized carbons (Fsp3) is 0.862. The minimum atomic E-state index is -4.69. The van der Waals surface area contributed by atoms with Crippen LogP contribution >= 0.6 is 7.82 Å². The van der Waals surface area contributed by atoms with Crippen LogP contribution in [0.5, 0.6) is 0 Å². The topological polar surface area (TPSA) is 114 Å². The quantitative estimate of drug-likeness (QED) is 0.0212. The Morgan fingerprint density at radius 1 is 0.500 bits per heavy atom. The van der Waals surface area contributed by atoms with E-state index in [1.807, 2.05) is 33.3 Å². The molecule has 0 aromatic carbocycles. The van der Waals surface area contributed by atoms with Crippen LogP contribution in [0.3, 0.4) is 0 Å². The number of phosphoric ester groups is 1. The smallest absolute Gasteiger partial charge is 0.306 e. The Bertz CT molecular complexity index is 1270. The molecule has 1 amide bonds. The molecule has 0 aliphatic heterocycles. The maximum atomic E-state index is 13.5. The molecule has 10 heteroatoms. The van der Waals surface area contributed by atoms with Gasteiger partial charge in [0.25, 0.3) is 7.82 Å². The molecule has 1 N–H and O–H groups in total. The first-order valence-corrected chi connectivity index (χ1v) is 30.3. The molecule has 0 fully saturated rings. The fourth-order valence-corrected chi connectivity index (χ4v) is 8.99. The molecule has 0 heterocycles. The lowest BCUT2D eigenvalue weighted by molar-refractivity contribution is -0.870. The van der Waals surface area contributed by atoms with E-state index in [2.05, 4.69) is 50.4 Å². The summed E-state index contributed by atoms with van der Waals surface area (Å²) in [6, 6.07) is -0.888. The zero-order valence-corrected chi connectivity index (χ0v) is 46.5. The molecule has 68 heavy (non-hydrogen) atoms. The van der Waals surface area contributed by atoms with E-state index >= 15 is 0 Å². The van der Waals surface area contributed by atoms with Crippen molar-refractivity contribution < 1.29 is 37.3 Å². The molecule has 0 aromatic rings. The normalized spacial score (nSPS) is 14.0. The lowest BCUT2D eigenvalue weighted by Crippen LogP contribution is -2.47. The first-order chi connectivity index (χ1) is 32.9. The molecule has 400 valence electrons. The van der Waals surface area contributed by atoms with E-state index in [-0.39, 0.29) is 31.5 Å². The molecular weight excluding hydrogens is 868 g/mol. The van der Waals surface area contributed by atoms with Crippen LogP contribution in [0.4, 0.5) is 0 Å². The van der Waals surface area contributed by atoms with Crippen LogP contribution < -0.4 is 10.2 Å². The van der Waals surface area contributed by atoms with Gasteiger partial charge in [0.2, 0.25) is 5.91 Å². The number of quaternary nitrogens is 1. The number of hydrogen-bond donors (Lipinski definition) is 1. The maximum Gasteiger partial charge on any atom is 0.306 e. The Hall–Kier alpha value is -1.77. The van der Waals surface area contributed by atoms with E-state index in [0.717, 1.165) is 83.5 Å². The Morgan fingerprint density at radius 2 is 0.868 bits per heavy atom. The van der Waals surface area contributed by atoms with Crippen molar-refractivity contribution in [2.75, 3.05) is 40.9 Å². The minimum Gasteiger partial charge on any atom is -0.756 e. The van der Waals surface area contributed by atoms with Gasteiger partial charge in [0, 0.05) is 12.8 Å². The molecule has 9 nitrogen and oxygen atoms in total. The summed E-state index contributed by atoms with van der Waals surface area (Å²) in [5.41, 5.74) is 0. The van der Waals surface area contributed by atoms with Gasteiger partial charge in [0.1, 0.15) is 19.3 Å². The number of ether oxygens (including phenoxy) is 1. The van der Waals surface area contributed by atoms with E-state index in [1.54, 1.807) is 0 Å². The summed E-state index contributed by atoms with van der Waals surface area (Å²) in [7, 11) is 1.18. The third kappa shape index (κ3) is 49.2. The van der Waals surface area contributed by atoms with Crippen molar-refractivity contribution in [3.05, 3.63) is 36.5 Å². The number of amides is 1. The van der Waals surface area contributed by atoms with Gasteiger partial charge in [-0.1, -0.05) is 218 Å². The zero-order chi connectivity index (χ0) is 50.1. The number of hydrogen-bond acceptors (Lipinski definition) is 7. The highest BCUT2D eigenvalue weighted by atomic mass is 31.2. The standard InChI is InChI=1S/C58H111N2O7P/c1-7-10-13-16-19-22-25-27-28-29-30-31-32-33-36-38-41-44-47-50-57(61)59-55(54-66-68(63,64)65-53-52-60(4,5)6)56(49-46-43-40-37-35-26-23-20-17-14-11-8-2)67-58(62)51-48-45-42-39-34-24-21-18-15-12-9-3/h18,21,27-28,46,49,55-56H,7-17,19-20,22-26,29-45,47-48,50-54H2,1-6H3,(H-,59,61,63,64)/b21-18-,28-27+,49-46-. The Labute approximate surface area is 421 Å². The number of nitrogens with zero attached hydrogens (tertiary/aromatic N) is 1. The van der Waals surface area contributed by atoms with Crippen molar-refractivity contribution in [2.24, 2.45) is 0 Å². The molecule has 0 aromatic heterocycles. The van der Waals surface area contributed by atoms with Crippen LogP contribution in [-0.2, 0) is 27.9 Å². The third-order valence-corrected chi connectivity index (χ3v) is 13.8. The molecule has 0 aliphatic carbocycles. The van der Waals surface area contributed by atoms with Gasteiger partial charge in [-0.05, 0) is 76.7 Å².